The molecule has 1 N–H and O–H groups in total. The topological polar surface area (TPSA) is 81.2 Å². The molecule has 0 radical (unpaired) electrons. The molecule has 2 aromatic heterocycles. The molecule has 0 unspecified atom stereocenters. The fourth-order valence-electron chi connectivity index (χ4n) is 3.69. The zero-order valence-corrected chi connectivity index (χ0v) is 20.6. The first kappa shape index (κ1) is 23.9. The maximum atomic E-state index is 13.3. The van der Waals surface area contributed by atoms with Gasteiger partial charge in [0.05, 0.1) is 10.7 Å². The third-order valence-corrected chi connectivity index (χ3v) is 6.85. The van der Waals surface area contributed by atoms with E-state index in [1.54, 1.807) is 18.3 Å². The minimum Gasteiger partial charge on any atom is -0.437 e. The van der Waals surface area contributed by atoms with Gasteiger partial charge in [-0.2, -0.15) is 0 Å². The molecule has 0 amide bonds. The Morgan fingerprint density at radius 3 is 2.32 bits per heavy atom. The SMILES string of the molecule is Cc1cc(C)c(Oc2nc(-c3cncc(Cl)c3)ccc2S(=O)(=O)NCc2ccccc2)c(C)c1. The predicted octanol–water partition coefficient (Wildman–Crippen LogP) is 5.99. The van der Waals surface area contributed by atoms with Gasteiger partial charge in [-0.15, -0.1) is 0 Å². The van der Waals surface area contributed by atoms with Gasteiger partial charge in [0.25, 0.3) is 0 Å². The Morgan fingerprint density at radius 1 is 0.941 bits per heavy atom. The van der Waals surface area contributed by atoms with Gasteiger partial charge in [-0.05, 0) is 55.7 Å². The fraction of sp³-hybridized carbons (Fsp3) is 0.154. The Labute approximate surface area is 204 Å². The van der Waals surface area contributed by atoms with Crippen LogP contribution in [0.2, 0.25) is 5.02 Å². The highest BCUT2D eigenvalue weighted by Gasteiger charge is 2.23. The molecule has 8 heteroatoms. The van der Waals surface area contributed by atoms with Crippen LogP contribution in [0.3, 0.4) is 0 Å². The van der Waals surface area contributed by atoms with Gasteiger partial charge in [0.15, 0.2) is 0 Å². The minimum atomic E-state index is -3.93. The third kappa shape index (κ3) is 5.44. The third-order valence-electron chi connectivity index (χ3n) is 5.23. The molecular weight excluding hydrogens is 470 g/mol. The minimum absolute atomic E-state index is 0.0203. The Balaban J connectivity index is 1.77. The molecule has 0 saturated carbocycles. The maximum absolute atomic E-state index is 13.3. The lowest BCUT2D eigenvalue weighted by Gasteiger charge is -2.16. The van der Waals surface area contributed by atoms with Crippen LogP contribution in [0.4, 0.5) is 0 Å². The predicted molar refractivity (Wildman–Crippen MR) is 134 cm³/mol. The number of aromatic nitrogens is 2. The zero-order valence-electron chi connectivity index (χ0n) is 19.0. The number of nitrogens with zero attached hydrogens (tertiary/aromatic N) is 2. The molecule has 6 nitrogen and oxygen atoms in total. The smallest absolute Gasteiger partial charge is 0.246 e. The normalized spacial score (nSPS) is 11.4. The summed E-state index contributed by atoms with van der Waals surface area (Å²) in [6.07, 6.45) is 3.13. The molecule has 4 aromatic rings. The van der Waals surface area contributed by atoms with Gasteiger partial charge in [-0.25, -0.2) is 18.1 Å². The van der Waals surface area contributed by atoms with Crippen LogP contribution >= 0.6 is 11.6 Å². The Morgan fingerprint density at radius 2 is 1.65 bits per heavy atom. The van der Waals surface area contributed by atoms with Crippen molar-refractivity contribution in [2.45, 2.75) is 32.2 Å². The molecule has 0 aliphatic rings. The van der Waals surface area contributed by atoms with E-state index in [-0.39, 0.29) is 17.3 Å². The van der Waals surface area contributed by atoms with E-state index in [1.807, 2.05) is 63.2 Å². The van der Waals surface area contributed by atoms with Crippen LogP contribution in [0, 0.1) is 20.8 Å². The standard InChI is InChI=1S/C26H24ClN3O3S/c1-17-11-18(2)25(19(3)12-17)33-26-24(34(31,32)29-14-20-7-5-4-6-8-20)10-9-23(30-26)21-13-22(27)16-28-15-21/h4-13,15-16,29H,14H2,1-3H3. The van der Waals surface area contributed by atoms with Gasteiger partial charge in [-0.3, -0.25) is 4.98 Å². The van der Waals surface area contributed by atoms with Gasteiger partial charge < -0.3 is 4.74 Å². The van der Waals surface area contributed by atoms with Crippen molar-refractivity contribution in [1.29, 1.82) is 0 Å². The summed E-state index contributed by atoms with van der Waals surface area (Å²) in [6, 6.07) is 18.1. The summed E-state index contributed by atoms with van der Waals surface area (Å²) in [5, 5.41) is 0.452. The molecule has 0 atom stereocenters. The highest BCUT2D eigenvalue weighted by atomic mass is 35.5. The summed E-state index contributed by atoms with van der Waals surface area (Å²) < 4.78 is 35.4. The fourth-order valence-corrected chi connectivity index (χ4v) is 4.94. The van der Waals surface area contributed by atoms with Crippen LogP contribution in [0.15, 0.2) is 78.0 Å². The molecule has 2 heterocycles. The van der Waals surface area contributed by atoms with Gasteiger partial charge in [0, 0.05) is 24.5 Å². The van der Waals surface area contributed by atoms with Crippen molar-refractivity contribution in [3.05, 3.63) is 100 Å². The number of halogens is 1. The van der Waals surface area contributed by atoms with Gasteiger partial charge >= 0.3 is 0 Å². The Kier molecular flexibility index (Phi) is 6.97. The summed E-state index contributed by atoms with van der Waals surface area (Å²) in [4.78, 5) is 8.61. The number of pyridine rings is 2. The zero-order chi connectivity index (χ0) is 24.3. The van der Waals surface area contributed by atoms with Crippen LogP contribution in [-0.4, -0.2) is 18.4 Å². The maximum Gasteiger partial charge on any atom is 0.246 e. The van der Waals surface area contributed by atoms with Crippen molar-refractivity contribution < 1.29 is 13.2 Å². The molecule has 0 aliphatic heterocycles. The number of aryl methyl sites for hydroxylation is 3. The van der Waals surface area contributed by atoms with E-state index in [9.17, 15) is 8.42 Å². The van der Waals surface area contributed by atoms with Crippen molar-refractivity contribution in [3.8, 4) is 22.9 Å². The molecule has 174 valence electrons. The highest BCUT2D eigenvalue weighted by molar-refractivity contribution is 7.89. The summed E-state index contributed by atoms with van der Waals surface area (Å²) >= 11 is 6.10. The number of nitrogens with one attached hydrogen (secondary N) is 1. The van der Waals surface area contributed by atoms with Crippen LogP contribution in [0.1, 0.15) is 22.3 Å². The first-order valence-electron chi connectivity index (χ1n) is 10.6. The van der Waals surface area contributed by atoms with Crippen LogP contribution in [0.5, 0.6) is 11.6 Å². The summed E-state index contributed by atoms with van der Waals surface area (Å²) in [5.41, 5.74) is 4.84. The Hall–Kier alpha value is -3.26. The molecule has 34 heavy (non-hydrogen) atoms. The molecule has 0 saturated heterocycles. The van der Waals surface area contributed by atoms with Crippen molar-refractivity contribution in [3.63, 3.8) is 0 Å². The van der Waals surface area contributed by atoms with E-state index in [1.165, 1.54) is 12.3 Å². The molecule has 0 spiro atoms. The second-order valence-electron chi connectivity index (χ2n) is 8.03. The molecule has 4 rings (SSSR count). The molecular formula is C26H24ClN3O3S. The number of hydrogen-bond acceptors (Lipinski definition) is 5. The Bertz CT molecular complexity index is 1420. The number of benzene rings is 2. The van der Waals surface area contributed by atoms with E-state index in [4.69, 9.17) is 16.3 Å². The number of rotatable bonds is 7. The number of sulfonamides is 1. The quantitative estimate of drug-likeness (QED) is 0.342. The lowest BCUT2D eigenvalue weighted by atomic mass is 10.1. The molecule has 2 aromatic carbocycles. The van der Waals surface area contributed by atoms with Gasteiger partial charge in [0.2, 0.25) is 15.9 Å². The average Bonchev–Trinajstić information content (AvgIpc) is 2.80. The van der Waals surface area contributed by atoms with Crippen molar-refractivity contribution >= 4 is 21.6 Å². The van der Waals surface area contributed by atoms with Crippen molar-refractivity contribution in [1.82, 2.24) is 14.7 Å². The molecule has 0 bridgehead atoms. The van der Waals surface area contributed by atoms with E-state index in [0.717, 1.165) is 22.3 Å². The van der Waals surface area contributed by atoms with Crippen molar-refractivity contribution in [2.75, 3.05) is 0 Å². The van der Waals surface area contributed by atoms with Crippen molar-refractivity contribution in [2.24, 2.45) is 0 Å². The molecule has 0 aliphatic carbocycles. The lowest BCUT2D eigenvalue weighted by molar-refractivity contribution is 0.440. The highest BCUT2D eigenvalue weighted by Crippen LogP contribution is 2.34. The number of hydrogen-bond donors (Lipinski definition) is 1. The second-order valence-corrected chi connectivity index (χ2v) is 10.2. The van der Waals surface area contributed by atoms with E-state index >= 15 is 0 Å². The van der Waals surface area contributed by atoms with E-state index < -0.39 is 10.0 Å². The monoisotopic (exact) mass is 493 g/mol. The second kappa shape index (κ2) is 9.93. The van der Waals surface area contributed by atoms with Crippen LogP contribution in [-0.2, 0) is 16.6 Å². The van der Waals surface area contributed by atoms with Gasteiger partial charge in [0.1, 0.15) is 10.6 Å². The largest absolute Gasteiger partial charge is 0.437 e. The number of ether oxygens (including phenoxy) is 1. The average molecular weight is 494 g/mol. The lowest BCUT2D eigenvalue weighted by Crippen LogP contribution is -2.24. The molecule has 0 fully saturated rings. The summed E-state index contributed by atoms with van der Waals surface area (Å²) in [7, 11) is -3.93. The summed E-state index contributed by atoms with van der Waals surface area (Å²) in [6.45, 7) is 5.98. The summed E-state index contributed by atoms with van der Waals surface area (Å²) in [5.74, 6) is 0.548. The van der Waals surface area contributed by atoms with E-state index in [0.29, 0.717) is 22.0 Å². The van der Waals surface area contributed by atoms with Crippen LogP contribution in [0.25, 0.3) is 11.3 Å². The first-order valence-corrected chi connectivity index (χ1v) is 12.5. The first-order chi connectivity index (χ1) is 16.2. The van der Waals surface area contributed by atoms with Gasteiger partial charge in [-0.1, -0.05) is 59.6 Å². The van der Waals surface area contributed by atoms with Crippen LogP contribution < -0.4 is 9.46 Å². The van der Waals surface area contributed by atoms with E-state index in [2.05, 4.69) is 14.7 Å².